The lowest BCUT2D eigenvalue weighted by Gasteiger charge is -2.29. The number of nitrogens with zero attached hydrogens (tertiary/aromatic N) is 4. The number of nitrogens with one attached hydrogen (secondary N) is 1. The number of hydrogen-bond acceptors (Lipinski definition) is 6. The highest BCUT2D eigenvalue weighted by Gasteiger charge is 2.17. The summed E-state index contributed by atoms with van der Waals surface area (Å²) in [6.45, 7) is 3.54. The van der Waals surface area contributed by atoms with Crippen molar-refractivity contribution in [1.29, 1.82) is 0 Å². The molecule has 0 saturated carbocycles. The molecular formula is C28H27Cl2N5O2S. The number of anilines is 2. The van der Waals surface area contributed by atoms with Gasteiger partial charge in [0, 0.05) is 30.2 Å². The number of rotatable bonds is 9. The summed E-state index contributed by atoms with van der Waals surface area (Å²) in [4.78, 5) is 15.0. The Morgan fingerprint density at radius 1 is 0.947 bits per heavy atom. The van der Waals surface area contributed by atoms with Gasteiger partial charge in [0.1, 0.15) is 5.82 Å². The number of carbonyl (C=O) groups excluding carboxylic acids is 1. The first-order valence-electron chi connectivity index (χ1n) is 12.3. The predicted octanol–water partition coefficient (Wildman–Crippen LogP) is 5.79. The largest absolute Gasteiger partial charge is 0.378 e. The van der Waals surface area contributed by atoms with Gasteiger partial charge in [-0.2, -0.15) is 0 Å². The van der Waals surface area contributed by atoms with Crippen molar-refractivity contribution in [2.24, 2.45) is 0 Å². The van der Waals surface area contributed by atoms with Crippen molar-refractivity contribution >= 4 is 52.2 Å². The summed E-state index contributed by atoms with van der Waals surface area (Å²) in [6, 6.07) is 23.5. The summed E-state index contributed by atoms with van der Waals surface area (Å²) < 4.78 is 7.48. The third-order valence-electron chi connectivity index (χ3n) is 6.17. The maximum Gasteiger partial charge on any atom is 0.234 e. The minimum Gasteiger partial charge on any atom is -0.378 e. The summed E-state index contributed by atoms with van der Waals surface area (Å²) in [5, 5.41) is 13.8. The molecule has 3 aromatic carbocycles. The van der Waals surface area contributed by atoms with Crippen LogP contribution in [-0.2, 0) is 22.5 Å². The summed E-state index contributed by atoms with van der Waals surface area (Å²) in [5.74, 6) is 0.878. The normalized spacial score (nSPS) is 13.5. The lowest BCUT2D eigenvalue weighted by molar-refractivity contribution is -0.113. The van der Waals surface area contributed by atoms with E-state index in [1.54, 1.807) is 6.07 Å². The summed E-state index contributed by atoms with van der Waals surface area (Å²) >= 11 is 14.0. The van der Waals surface area contributed by atoms with E-state index < -0.39 is 0 Å². The molecule has 1 aliphatic rings. The molecule has 38 heavy (non-hydrogen) atoms. The minimum atomic E-state index is -0.143. The van der Waals surface area contributed by atoms with Gasteiger partial charge in [-0.25, -0.2) is 0 Å². The van der Waals surface area contributed by atoms with Crippen LogP contribution in [0.3, 0.4) is 0 Å². The van der Waals surface area contributed by atoms with Crippen LogP contribution < -0.4 is 10.2 Å². The van der Waals surface area contributed by atoms with Crippen LogP contribution in [0.4, 0.5) is 11.4 Å². The van der Waals surface area contributed by atoms with Crippen molar-refractivity contribution in [3.05, 3.63) is 99.8 Å². The quantitative estimate of drug-likeness (QED) is 0.258. The van der Waals surface area contributed by atoms with Crippen LogP contribution in [0.1, 0.15) is 17.0 Å². The third-order valence-corrected chi connectivity index (χ3v) is 7.69. The number of ether oxygens (including phenoxy) is 1. The van der Waals surface area contributed by atoms with Gasteiger partial charge in [0.2, 0.25) is 5.91 Å². The van der Waals surface area contributed by atoms with E-state index in [4.69, 9.17) is 27.9 Å². The summed E-state index contributed by atoms with van der Waals surface area (Å²) in [6.07, 6.45) is 0.641. The molecule has 1 saturated heterocycles. The Morgan fingerprint density at radius 3 is 2.45 bits per heavy atom. The van der Waals surface area contributed by atoms with Crippen molar-refractivity contribution in [3.63, 3.8) is 0 Å². The van der Waals surface area contributed by atoms with E-state index in [2.05, 4.69) is 37.1 Å². The van der Waals surface area contributed by atoms with Crippen LogP contribution >= 0.6 is 35.0 Å². The molecular weight excluding hydrogens is 541 g/mol. The van der Waals surface area contributed by atoms with Crippen LogP contribution in [-0.4, -0.2) is 52.7 Å². The van der Waals surface area contributed by atoms with Gasteiger partial charge in [0.05, 0.1) is 36.2 Å². The third kappa shape index (κ3) is 6.88. The van der Waals surface area contributed by atoms with Crippen LogP contribution in [0, 0.1) is 0 Å². The van der Waals surface area contributed by atoms with Crippen LogP contribution in [0.25, 0.3) is 0 Å². The number of hydrogen-bond donors (Lipinski definition) is 1. The number of benzene rings is 3. The maximum absolute atomic E-state index is 12.8. The molecule has 1 aliphatic heterocycles. The first kappa shape index (κ1) is 26.6. The average molecular weight is 569 g/mol. The fraction of sp³-hybridized carbons (Fsp3) is 0.250. The molecule has 1 N–H and O–H groups in total. The lowest BCUT2D eigenvalue weighted by Crippen LogP contribution is -2.36. The van der Waals surface area contributed by atoms with Crippen molar-refractivity contribution in [3.8, 4) is 0 Å². The number of halogens is 2. The van der Waals surface area contributed by atoms with E-state index in [1.165, 1.54) is 11.8 Å². The first-order chi connectivity index (χ1) is 18.5. The van der Waals surface area contributed by atoms with Crippen molar-refractivity contribution in [1.82, 2.24) is 14.8 Å². The lowest BCUT2D eigenvalue weighted by atomic mass is 10.1. The Balaban J connectivity index is 1.26. The minimum absolute atomic E-state index is 0.143. The molecule has 1 fully saturated rings. The molecule has 0 atom stereocenters. The van der Waals surface area contributed by atoms with Gasteiger partial charge in [-0.1, -0.05) is 77.4 Å². The standard InChI is InChI=1S/C28H27Cl2N5O2S/c29-22-8-6-21(7-9-22)18-35-26(16-20-4-2-1-3-5-20)32-33-28(35)38-19-27(36)31-23-10-11-25(24(30)17-23)34-12-14-37-15-13-34/h1-11,17H,12-16,18-19H2,(H,31,36). The zero-order valence-corrected chi connectivity index (χ0v) is 23.0. The molecule has 0 bridgehead atoms. The van der Waals surface area contributed by atoms with Crippen LogP contribution in [0.5, 0.6) is 0 Å². The second-order valence-electron chi connectivity index (χ2n) is 8.88. The smallest absolute Gasteiger partial charge is 0.234 e. The highest BCUT2D eigenvalue weighted by atomic mass is 35.5. The molecule has 1 aromatic heterocycles. The van der Waals surface area contributed by atoms with Gasteiger partial charge in [-0.15, -0.1) is 10.2 Å². The molecule has 0 spiro atoms. The molecule has 5 rings (SSSR count). The van der Waals surface area contributed by atoms with E-state index >= 15 is 0 Å². The topological polar surface area (TPSA) is 72.3 Å². The maximum atomic E-state index is 12.8. The predicted molar refractivity (Wildman–Crippen MR) is 154 cm³/mol. The SMILES string of the molecule is O=C(CSc1nnc(Cc2ccccc2)n1Cc1ccc(Cl)cc1)Nc1ccc(N2CCOCC2)c(Cl)c1. The fourth-order valence-corrected chi connectivity index (χ4v) is 5.42. The number of amides is 1. The molecule has 0 unspecified atom stereocenters. The van der Waals surface area contributed by atoms with Gasteiger partial charge in [-0.3, -0.25) is 4.79 Å². The Hall–Kier alpha value is -3.04. The molecule has 196 valence electrons. The molecule has 0 radical (unpaired) electrons. The second kappa shape index (κ2) is 12.7. The zero-order chi connectivity index (χ0) is 26.3. The van der Waals surface area contributed by atoms with Crippen LogP contribution in [0.15, 0.2) is 78.0 Å². The number of morpholine rings is 1. The monoisotopic (exact) mass is 567 g/mol. The van der Waals surface area contributed by atoms with E-state index in [-0.39, 0.29) is 11.7 Å². The highest BCUT2D eigenvalue weighted by Crippen LogP contribution is 2.30. The molecule has 10 heteroatoms. The van der Waals surface area contributed by atoms with E-state index in [0.717, 1.165) is 35.7 Å². The highest BCUT2D eigenvalue weighted by molar-refractivity contribution is 7.99. The van der Waals surface area contributed by atoms with E-state index in [1.807, 2.05) is 54.6 Å². The van der Waals surface area contributed by atoms with Gasteiger partial charge in [-0.05, 0) is 41.5 Å². The Kier molecular flexibility index (Phi) is 8.86. The van der Waals surface area contributed by atoms with Gasteiger partial charge >= 0.3 is 0 Å². The van der Waals surface area contributed by atoms with E-state index in [0.29, 0.717) is 47.1 Å². The van der Waals surface area contributed by atoms with Gasteiger partial charge < -0.3 is 19.5 Å². The van der Waals surface area contributed by atoms with Gasteiger partial charge in [0.15, 0.2) is 5.16 Å². The van der Waals surface area contributed by atoms with E-state index in [9.17, 15) is 4.79 Å². The van der Waals surface area contributed by atoms with Crippen molar-refractivity contribution in [2.45, 2.75) is 18.1 Å². The molecule has 0 aliphatic carbocycles. The number of thioether (sulfide) groups is 1. The summed E-state index contributed by atoms with van der Waals surface area (Å²) in [5.41, 5.74) is 3.82. The molecule has 1 amide bonds. The Labute approximate surface area is 236 Å². The molecule has 7 nitrogen and oxygen atoms in total. The second-order valence-corrected chi connectivity index (χ2v) is 10.7. The molecule has 4 aromatic rings. The van der Waals surface area contributed by atoms with Crippen molar-refractivity contribution in [2.75, 3.05) is 42.3 Å². The van der Waals surface area contributed by atoms with Crippen LogP contribution in [0.2, 0.25) is 10.0 Å². The fourth-order valence-electron chi connectivity index (χ4n) is 4.24. The first-order valence-corrected chi connectivity index (χ1v) is 14.0. The van der Waals surface area contributed by atoms with Gasteiger partial charge in [0.25, 0.3) is 0 Å². The summed E-state index contributed by atoms with van der Waals surface area (Å²) in [7, 11) is 0. The van der Waals surface area contributed by atoms with Crippen molar-refractivity contribution < 1.29 is 9.53 Å². The Bertz CT molecular complexity index is 1380. The zero-order valence-electron chi connectivity index (χ0n) is 20.6. The average Bonchev–Trinajstić information content (AvgIpc) is 3.30. The molecule has 2 heterocycles. The Morgan fingerprint density at radius 2 is 1.71 bits per heavy atom. The number of carbonyl (C=O) groups is 1. The number of aromatic nitrogens is 3.